The highest BCUT2D eigenvalue weighted by Crippen LogP contribution is 2.15. The van der Waals surface area contributed by atoms with Crippen LogP contribution in [0.25, 0.3) is 0 Å². The van der Waals surface area contributed by atoms with Gasteiger partial charge in [-0.05, 0) is 20.0 Å². The molecule has 1 aromatic heterocycles. The third-order valence-electron chi connectivity index (χ3n) is 3.27. The van der Waals surface area contributed by atoms with Gasteiger partial charge in [0, 0.05) is 37.8 Å². The summed E-state index contributed by atoms with van der Waals surface area (Å²) in [6.07, 6.45) is 1.76. The summed E-state index contributed by atoms with van der Waals surface area (Å²) in [5, 5.41) is 0. The second-order valence-electron chi connectivity index (χ2n) is 4.71. The predicted molar refractivity (Wildman–Crippen MR) is 64.0 cm³/mol. The van der Waals surface area contributed by atoms with Crippen LogP contribution in [-0.2, 0) is 13.1 Å². The molecule has 1 unspecified atom stereocenters. The fourth-order valence-corrected chi connectivity index (χ4v) is 2.23. The second-order valence-corrected chi connectivity index (χ2v) is 4.71. The molecule has 1 aliphatic rings. The molecule has 0 bridgehead atoms. The number of nitrogens with two attached hydrogens (primary N) is 1. The van der Waals surface area contributed by atoms with Crippen molar-refractivity contribution in [3.05, 3.63) is 23.7 Å². The van der Waals surface area contributed by atoms with E-state index in [1.54, 1.807) is 6.26 Å². The highest BCUT2D eigenvalue weighted by Gasteiger charge is 2.22. The first-order valence-corrected chi connectivity index (χ1v) is 5.88. The van der Waals surface area contributed by atoms with Gasteiger partial charge < -0.3 is 15.1 Å². The van der Waals surface area contributed by atoms with Crippen LogP contribution in [0, 0.1) is 0 Å². The van der Waals surface area contributed by atoms with Crippen LogP contribution >= 0.6 is 0 Å². The van der Waals surface area contributed by atoms with Crippen LogP contribution in [0.15, 0.2) is 16.7 Å². The van der Waals surface area contributed by atoms with Crippen LogP contribution in [0.1, 0.15) is 18.2 Å². The highest BCUT2D eigenvalue weighted by molar-refractivity contribution is 5.12. The van der Waals surface area contributed by atoms with Crippen LogP contribution in [0.2, 0.25) is 0 Å². The van der Waals surface area contributed by atoms with E-state index in [9.17, 15) is 0 Å². The van der Waals surface area contributed by atoms with Gasteiger partial charge in [-0.1, -0.05) is 0 Å². The molecule has 2 heterocycles. The summed E-state index contributed by atoms with van der Waals surface area (Å²) in [6.45, 7) is 7.09. The van der Waals surface area contributed by atoms with E-state index in [-0.39, 0.29) is 0 Å². The summed E-state index contributed by atoms with van der Waals surface area (Å²) < 4.78 is 5.50. The molecule has 2 rings (SSSR count). The highest BCUT2D eigenvalue weighted by atomic mass is 16.3. The topological polar surface area (TPSA) is 45.6 Å². The molecule has 16 heavy (non-hydrogen) atoms. The third-order valence-corrected chi connectivity index (χ3v) is 3.27. The first-order chi connectivity index (χ1) is 7.69. The third kappa shape index (κ3) is 2.64. The van der Waals surface area contributed by atoms with E-state index in [2.05, 4.69) is 29.8 Å². The van der Waals surface area contributed by atoms with Gasteiger partial charge in [-0.3, -0.25) is 4.90 Å². The SMILES string of the molecule is CC1CN(C)CCN1Cc1cc(CN)co1. The van der Waals surface area contributed by atoms with Crippen molar-refractivity contribution in [2.75, 3.05) is 26.7 Å². The Kier molecular flexibility index (Phi) is 3.63. The zero-order valence-corrected chi connectivity index (χ0v) is 10.1. The van der Waals surface area contributed by atoms with Crippen molar-refractivity contribution < 1.29 is 4.42 Å². The predicted octanol–water partition coefficient (Wildman–Crippen LogP) is 0.874. The molecular formula is C12H21N3O. The van der Waals surface area contributed by atoms with E-state index in [1.165, 1.54) is 0 Å². The summed E-state index contributed by atoms with van der Waals surface area (Å²) in [5.74, 6) is 1.02. The van der Waals surface area contributed by atoms with E-state index < -0.39 is 0 Å². The number of piperazine rings is 1. The second kappa shape index (κ2) is 4.99. The molecule has 4 nitrogen and oxygen atoms in total. The summed E-state index contributed by atoms with van der Waals surface area (Å²) >= 11 is 0. The van der Waals surface area contributed by atoms with E-state index in [1.807, 2.05) is 0 Å². The molecule has 1 aromatic rings. The maximum atomic E-state index is 5.56. The van der Waals surface area contributed by atoms with Crippen LogP contribution in [0.3, 0.4) is 0 Å². The molecule has 4 heteroatoms. The minimum atomic E-state index is 0.557. The molecule has 0 radical (unpaired) electrons. The molecule has 2 N–H and O–H groups in total. The summed E-state index contributed by atoms with van der Waals surface area (Å²) in [7, 11) is 2.17. The Hall–Kier alpha value is -0.840. The van der Waals surface area contributed by atoms with Crippen LogP contribution < -0.4 is 5.73 Å². The molecule has 0 aliphatic carbocycles. The van der Waals surface area contributed by atoms with E-state index in [0.717, 1.165) is 37.5 Å². The van der Waals surface area contributed by atoms with Gasteiger partial charge >= 0.3 is 0 Å². The van der Waals surface area contributed by atoms with Crippen molar-refractivity contribution in [1.82, 2.24) is 9.80 Å². The normalized spacial score (nSPS) is 23.8. The minimum Gasteiger partial charge on any atom is -0.468 e. The maximum Gasteiger partial charge on any atom is 0.118 e. The molecular weight excluding hydrogens is 202 g/mol. The molecule has 0 spiro atoms. The number of likely N-dealkylation sites (N-methyl/N-ethyl adjacent to an activating group) is 1. The van der Waals surface area contributed by atoms with Gasteiger partial charge in [0.1, 0.15) is 5.76 Å². The fraction of sp³-hybridized carbons (Fsp3) is 0.667. The number of furan rings is 1. The zero-order valence-electron chi connectivity index (χ0n) is 10.1. The van der Waals surface area contributed by atoms with Crippen molar-refractivity contribution >= 4 is 0 Å². The number of rotatable bonds is 3. The van der Waals surface area contributed by atoms with Gasteiger partial charge in [-0.25, -0.2) is 0 Å². The van der Waals surface area contributed by atoms with Gasteiger partial charge in [-0.15, -0.1) is 0 Å². The largest absolute Gasteiger partial charge is 0.468 e. The van der Waals surface area contributed by atoms with Gasteiger partial charge in [0.15, 0.2) is 0 Å². The summed E-state index contributed by atoms with van der Waals surface area (Å²) in [5.41, 5.74) is 6.64. The Bertz CT molecular complexity index is 337. The lowest BCUT2D eigenvalue weighted by atomic mass is 10.2. The van der Waals surface area contributed by atoms with Crippen molar-refractivity contribution in [3.63, 3.8) is 0 Å². The van der Waals surface area contributed by atoms with Crippen molar-refractivity contribution in [1.29, 1.82) is 0 Å². The van der Waals surface area contributed by atoms with E-state index >= 15 is 0 Å². The number of hydrogen-bond acceptors (Lipinski definition) is 4. The molecule has 1 aliphatic heterocycles. The Morgan fingerprint density at radius 1 is 1.50 bits per heavy atom. The van der Waals surface area contributed by atoms with Crippen LogP contribution in [-0.4, -0.2) is 42.5 Å². The van der Waals surface area contributed by atoms with Gasteiger partial charge in [0.2, 0.25) is 0 Å². The maximum absolute atomic E-state index is 5.56. The van der Waals surface area contributed by atoms with Gasteiger partial charge in [0.05, 0.1) is 12.8 Å². The number of hydrogen-bond donors (Lipinski definition) is 1. The van der Waals surface area contributed by atoms with Gasteiger partial charge in [0.25, 0.3) is 0 Å². The lowest BCUT2D eigenvalue weighted by Gasteiger charge is -2.37. The molecule has 0 aromatic carbocycles. The zero-order chi connectivity index (χ0) is 11.5. The standard InChI is InChI=1S/C12H21N3O/c1-10-7-14(2)3-4-15(10)8-12-5-11(6-13)9-16-12/h5,9-10H,3-4,6-8,13H2,1-2H3. The lowest BCUT2D eigenvalue weighted by Crippen LogP contribution is -2.49. The minimum absolute atomic E-state index is 0.557. The van der Waals surface area contributed by atoms with Crippen LogP contribution in [0.5, 0.6) is 0 Å². The van der Waals surface area contributed by atoms with E-state index in [0.29, 0.717) is 12.6 Å². The molecule has 0 saturated carbocycles. The molecule has 1 fully saturated rings. The molecule has 0 amide bonds. The van der Waals surface area contributed by atoms with Crippen molar-refractivity contribution in [2.24, 2.45) is 5.73 Å². The molecule has 1 saturated heterocycles. The Morgan fingerprint density at radius 3 is 2.94 bits per heavy atom. The Morgan fingerprint density at radius 2 is 2.31 bits per heavy atom. The fourth-order valence-electron chi connectivity index (χ4n) is 2.23. The lowest BCUT2D eigenvalue weighted by molar-refractivity contribution is 0.0875. The van der Waals surface area contributed by atoms with Gasteiger partial charge in [-0.2, -0.15) is 0 Å². The summed E-state index contributed by atoms with van der Waals surface area (Å²) in [6, 6.07) is 2.65. The quantitative estimate of drug-likeness (QED) is 0.826. The smallest absolute Gasteiger partial charge is 0.118 e. The van der Waals surface area contributed by atoms with Crippen molar-refractivity contribution in [3.8, 4) is 0 Å². The molecule has 90 valence electrons. The first kappa shape index (κ1) is 11.6. The number of nitrogens with zero attached hydrogens (tertiary/aromatic N) is 2. The molecule has 1 atom stereocenters. The van der Waals surface area contributed by atoms with Crippen LogP contribution in [0.4, 0.5) is 0 Å². The summed E-state index contributed by atoms with van der Waals surface area (Å²) in [4.78, 5) is 4.83. The van der Waals surface area contributed by atoms with Crippen molar-refractivity contribution in [2.45, 2.75) is 26.1 Å². The first-order valence-electron chi connectivity index (χ1n) is 5.88. The Balaban J connectivity index is 1.93. The van der Waals surface area contributed by atoms with E-state index in [4.69, 9.17) is 10.2 Å². The average Bonchev–Trinajstić information content (AvgIpc) is 2.70. The average molecular weight is 223 g/mol. The Labute approximate surface area is 97.0 Å². The monoisotopic (exact) mass is 223 g/mol.